The number of ether oxygens (including phenoxy) is 1. The Bertz CT molecular complexity index is 466. The van der Waals surface area contributed by atoms with Crippen molar-refractivity contribution in [3.05, 3.63) is 22.2 Å². The maximum Gasteiger partial charge on any atom is 0.186 e. The van der Waals surface area contributed by atoms with Gasteiger partial charge in [0.15, 0.2) is 16.6 Å². The molecule has 1 aromatic carbocycles. The van der Waals surface area contributed by atoms with Gasteiger partial charge < -0.3 is 15.2 Å². The molecule has 0 bridgehead atoms. The second-order valence-corrected chi connectivity index (χ2v) is 4.60. The first kappa shape index (κ1) is 14.7. The van der Waals surface area contributed by atoms with Crippen LogP contribution in [-0.2, 0) is 0 Å². The van der Waals surface area contributed by atoms with E-state index in [0.717, 1.165) is 11.0 Å². The van der Waals surface area contributed by atoms with E-state index >= 15 is 0 Å². The minimum absolute atomic E-state index is 0.0284. The van der Waals surface area contributed by atoms with Crippen molar-refractivity contribution in [2.75, 3.05) is 13.7 Å². The minimum Gasteiger partial charge on any atom is -0.504 e. The molecule has 0 saturated heterocycles. The van der Waals surface area contributed by atoms with E-state index in [2.05, 4.69) is 31.8 Å². The van der Waals surface area contributed by atoms with E-state index in [-0.39, 0.29) is 5.75 Å². The Morgan fingerprint density at radius 1 is 1.61 bits per heavy atom. The molecule has 18 heavy (non-hydrogen) atoms. The van der Waals surface area contributed by atoms with E-state index < -0.39 is 0 Å². The van der Waals surface area contributed by atoms with Crippen LogP contribution in [0.25, 0.3) is 0 Å². The molecular weight excluding hydrogens is 318 g/mol. The normalized spacial score (nSPS) is 10.4. The number of benzene rings is 1. The van der Waals surface area contributed by atoms with Crippen molar-refractivity contribution in [2.24, 2.45) is 5.10 Å². The maximum atomic E-state index is 9.87. The van der Waals surface area contributed by atoms with E-state index in [1.807, 2.05) is 6.92 Å². The lowest BCUT2D eigenvalue weighted by atomic mass is 10.2. The van der Waals surface area contributed by atoms with Crippen LogP contribution in [0.5, 0.6) is 11.5 Å². The average Bonchev–Trinajstić information content (AvgIpc) is 2.33. The fourth-order valence-electron chi connectivity index (χ4n) is 1.21. The summed E-state index contributed by atoms with van der Waals surface area (Å²) in [7, 11) is 1.49. The van der Waals surface area contributed by atoms with Gasteiger partial charge in [-0.05, 0) is 31.3 Å². The van der Waals surface area contributed by atoms with Gasteiger partial charge in [0.1, 0.15) is 0 Å². The van der Waals surface area contributed by atoms with Crippen molar-refractivity contribution in [1.29, 1.82) is 0 Å². The second-order valence-electron chi connectivity index (χ2n) is 3.28. The van der Waals surface area contributed by atoms with Gasteiger partial charge in [0, 0.05) is 16.6 Å². The van der Waals surface area contributed by atoms with Crippen LogP contribution >= 0.6 is 28.1 Å². The molecule has 1 aromatic rings. The lowest BCUT2D eigenvalue weighted by molar-refractivity contribution is 0.373. The predicted molar refractivity (Wildman–Crippen MR) is 79.4 cm³/mol. The first-order valence-corrected chi connectivity index (χ1v) is 6.42. The zero-order chi connectivity index (χ0) is 13.5. The van der Waals surface area contributed by atoms with Gasteiger partial charge in [-0.25, -0.2) is 0 Å². The number of thiocarbonyl (C=S) groups is 1. The highest BCUT2D eigenvalue weighted by Crippen LogP contribution is 2.32. The van der Waals surface area contributed by atoms with E-state index in [1.54, 1.807) is 12.1 Å². The van der Waals surface area contributed by atoms with Crippen LogP contribution in [0.1, 0.15) is 12.5 Å². The second kappa shape index (κ2) is 7.17. The zero-order valence-corrected chi connectivity index (χ0v) is 12.4. The van der Waals surface area contributed by atoms with Gasteiger partial charge >= 0.3 is 0 Å². The van der Waals surface area contributed by atoms with E-state index in [0.29, 0.717) is 16.4 Å². The molecule has 0 unspecified atom stereocenters. The Morgan fingerprint density at radius 3 is 2.94 bits per heavy atom. The van der Waals surface area contributed by atoms with Crippen molar-refractivity contribution in [3.63, 3.8) is 0 Å². The maximum absolute atomic E-state index is 9.87. The number of phenolic OH excluding ortho intramolecular Hbond substituents is 1. The molecule has 0 heterocycles. The van der Waals surface area contributed by atoms with Crippen molar-refractivity contribution in [3.8, 4) is 11.5 Å². The highest BCUT2D eigenvalue weighted by atomic mass is 79.9. The average molecular weight is 332 g/mol. The lowest BCUT2D eigenvalue weighted by Crippen LogP contribution is -2.31. The van der Waals surface area contributed by atoms with Gasteiger partial charge in [0.25, 0.3) is 0 Å². The lowest BCUT2D eigenvalue weighted by Gasteiger charge is -2.07. The Labute approximate surface area is 119 Å². The van der Waals surface area contributed by atoms with Gasteiger partial charge in [-0.2, -0.15) is 5.10 Å². The molecule has 3 N–H and O–H groups in total. The van der Waals surface area contributed by atoms with Crippen LogP contribution in [0.2, 0.25) is 0 Å². The molecule has 5 nitrogen and oxygen atoms in total. The summed E-state index contributed by atoms with van der Waals surface area (Å²) in [4.78, 5) is 0. The molecule has 0 radical (unpaired) electrons. The summed E-state index contributed by atoms with van der Waals surface area (Å²) in [6.07, 6.45) is 1.46. The van der Waals surface area contributed by atoms with E-state index in [4.69, 9.17) is 17.0 Å². The molecule has 0 fully saturated rings. The number of aromatic hydroxyl groups is 1. The van der Waals surface area contributed by atoms with Crippen molar-refractivity contribution in [1.82, 2.24) is 10.7 Å². The number of hydrazone groups is 1. The van der Waals surface area contributed by atoms with Crippen LogP contribution in [0.15, 0.2) is 21.7 Å². The summed E-state index contributed by atoms with van der Waals surface area (Å²) in [6, 6.07) is 3.39. The highest BCUT2D eigenvalue weighted by Gasteiger charge is 2.07. The molecule has 0 atom stereocenters. The van der Waals surface area contributed by atoms with Gasteiger partial charge in [-0.15, -0.1) is 0 Å². The molecule has 0 aliphatic heterocycles. The van der Waals surface area contributed by atoms with Gasteiger partial charge in [-0.3, -0.25) is 5.43 Å². The Morgan fingerprint density at radius 2 is 2.33 bits per heavy atom. The molecule has 0 aromatic heterocycles. The molecule has 0 saturated carbocycles. The number of rotatable bonds is 4. The van der Waals surface area contributed by atoms with Crippen LogP contribution in [0.3, 0.4) is 0 Å². The predicted octanol–water partition coefficient (Wildman–Crippen LogP) is 1.98. The van der Waals surface area contributed by atoms with Crippen molar-refractivity contribution in [2.45, 2.75) is 6.92 Å². The Balaban J connectivity index is 2.81. The molecule has 0 aliphatic rings. The zero-order valence-electron chi connectivity index (χ0n) is 10.0. The highest BCUT2D eigenvalue weighted by molar-refractivity contribution is 9.10. The third kappa shape index (κ3) is 4.15. The Hall–Kier alpha value is -1.34. The number of methoxy groups -OCH3 is 1. The Kier molecular flexibility index (Phi) is 5.87. The summed E-state index contributed by atoms with van der Waals surface area (Å²) in [5.41, 5.74) is 3.16. The first-order chi connectivity index (χ1) is 8.58. The quantitative estimate of drug-likeness (QED) is 0.447. The van der Waals surface area contributed by atoms with Gasteiger partial charge in [-0.1, -0.05) is 15.9 Å². The third-order valence-corrected chi connectivity index (χ3v) is 2.69. The van der Waals surface area contributed by atoms with Crippen molar-refractivity contribution < 1.29 is 9.84 Å². The summed E-state index contributed by atoms with van der Waals surface area (Å²) >= 11 is 8.27. The van der Waals surface area contributed by atoms with Crippen LogP contribution in [-0.4, -0.2) is 30.1 Å². The fourth-order valence-corrected chi connectivity index (χ4v) is 1.86. The summed E-state index contributed by atoms with van der Waals surface area (Å²) in [5, 5.41) is 17.1. The van der Waals surface area contributed by atoms with Crippen LogP contribution in [0, 0.1) is 0 Å². The fraction of sp³-hybridized carbons (Fsp3) is 0.273. The molecule has 98 valence electrons. The molecule has 0 aliphatic carbocycles. The summed E-state index contributed by atoms with van der Waals surface area (Å²) in [6.45, 7) is 2.65. The monoisotopic (exact) mass is 331 g/mol. The largest absolute Gasteiger partial charge is 0.504 e. The topological polar surface area (TPSA) is 65.9 Å². The first-order valence-electron chi connectivity index (χ1n) is 5.21. The third-order valence-electron chi connectivity index (χ3n) is 2.00. The number of phenols is 1. The summed E-state index contributed by atoms with van der Waals surface area (Å²) < 4.78 is 5.82. The van der Waals surface area contributed by atoms with E-state index in [1.165, 1.54) is 13.3 Å². The van der Waals surface area contributed by atoms with Crippen LogP contribution in [0.4, 0.5) is 0 Å². The standard InChI is InChI=1S/C11H14BrN3O2S/c1-3-13-11(18)15-14-6-7-4-8(12)5-9(17-2)10(7)16/h4-6,16H,3H2,1-2H3,(H2,13,15,18). The van der Waals surface area contributed by atoms with E-state index in [9.17, 15) is 5.11 Å². The molecule has 0 amide bonds. The van der Waals surface area contributed by atoms with Crippen molar-refractivity contribution >= 4 is 39.5 Å². The molecular formula is C11H14BrN3O2S. The van der Waals surface area contributed by atoms with Gasteiger partial charge in [0.05, 0.1) is 13.3 Å². The minimum atomic E-state index is 0.0284. The number of halogens is 1. The number of nitrogens with one attached hydrogen (secondary N) is 2. The smallest absolute Gasteiger partial charge is 0.186 e. The molecule has 1 rings (SSSR count). The number of hydrogen-bond donors (Lipinski definition) is 3. The van der Waals surface area contributed by atoms with Gasteiger partial charge in [0.2, 0.25) is 0 Å². The number of hydrogen-bond acceptors (Lipinski definition) is 4. The van der Waals surface area contributed by atoms with Crippen LogP contribution < -0.4 is 15.5 Å². The molecule has 7 heteroatoms. The number of nitrogens with zero attached hydrogens (tertiary/aromatic N) is 1. The molecule has 0 spiro atoms. The summed E-state index contributed by atoms with van der Waals surface area (Å²) in [5.74, 6) is 0.403. The SMILES string of the molecule is CCNC(=S)NN=Cc1cc(Br)cc(OC)c1O.